The summed E-state index contributed by atoms with van der Waals surface area (Å²) >= 11 is 1.45. The van der Waals surface area contributed by atoms with Crippen molar-refractivity contribution >= 4 is 29.2 Å². The summed E-state index contributed by atoms with van der Waals surface area (Å²) in [5, 5.41) is 3.83. The number of rotatable bonds is 5. The largest absolute Gasteiger partial charge is 0.354 e. The molecule has 6 heteroatoms. The molecule has 1 N–H and O–H groups in total. The van der Waals surface area contributed by atoms with E-state index in [1.807, 2.05) is 38.1 Å². The van der Waals surface area contributed by atoms with E-state index in [2.05, 4.69) is 27.1 Å². The molecule has 1 unspecified atom stereocenters. The number of benzene rings is 1. The number of carbonyl (C=O) groups excluding carboxylic acids is 1. The van der Waals surface area contributed by atoms with Gasteiger partial charge < -0.3 is 10.2 Å². The minimum atomic E-state index is -0.0183. The summed E-state index contributed by atoms with van der Waals surface area (Å²) in [6.45, 7) is 7.30. The third-order valence-electron chi connectivity index (χ3n) is 4.74. The number of aryl methyl sites for hydroxylation is 2. The number of hydrogen-bond donors (Lipinski definition) is 1. The van der Waals surface area contributed by atoms with Gasteiger partial charge in [0, 0.05) is 24.3 Å². The number of nitrogens with one attached hydrogen (secondary N) is 1. The van der Waals surface area contributed by atoms with E-state index in [1.54, 1.807) is 6.33 Å². The van der Waals surface area contributed by atoms with Crippen LogP contribution in [0.15, 0.2) is 35.6 Å². The number of nitrogens with zero attached hydrogens (tertiary/aromatic N) is 3. The van der Waals surface area contributed by atoms with Gasteiger partial charge in [0.15, 0.2) is 0 Å². The zero-order chi connectivity index (χ0) is 18.5. The molecule has 2 aromatic rings. The number of anilines is 2. The van der Waals surface area contributed by atoms with Gasteiger partial charge in [-0.3, -0.25) is 4.79 Å². The van der Waals surface area contributed by atoms with Crippen LogP contribution in [-0.4, -0.2) is 34.2 Å². The number of thioether (sulfide) groups is 1. The molecule has 0 saturated carbocycles. The molecule has 0 spiro atoms. The van der Waals surface area contributed by atoms with Crippen LogP contribution in [-0.2, 0) is 4.79 Å². The van der Waals surface area contributed by atoms with Gasteiger partial charge in [0.1, 0.15) is 17.2 Å². The highest BCUT2D eigenvalue weighted by atomic mass is 32.2. The molecule has 1 fully saturated rings. The van der Waals surface area contributed by atoms with Gasteiger partial charge in [0.2, 0.25) is 5.91 Å². The van der Waals surface area contributed by atoms with Crippen molar-refractivity contribution in [1.82, 2.24) is 9.97 Å². The van der Waals surface area contributed by atoms with Gasteiger partial charge >= 0.3 is 0 Å². The third-order valence-corrected chi connectivity index (χ3v) is 5.67. The first-order valence-corrected chi connectivity index (χ1v) is 10.1. The second kappa shape index (κ2) is 8.54. The van der Waals surface area contributed by atoms with E-state index in [4.69, 9.17) is 0 Å². The molecule has 1 saturated heterocycles. The second-order valence-corrected chi connectivity index (χ2v) is 7.90. The average Bonchev–Trinajstić information content (AvgIpc) is 2.64. The van der Waals surface area contributed by atoms with Crippen molar-refractivity contribution in [3.8, 4) is 0 Å². The van der Waals surface area contributed by atoms with Crippen LogP contribution < -0.4 is 10.2 Å². The Labute approximate surface area is 159 Å². The summed E-state index contributed by atoms with van der Waals surface area (Å²) in [6.07, 6.45) is 5.28. The van der Waals surface area contributed by atoms with Gasteiger partial charge in [-0.25, -0.2) is 9.97 Å². The normalized spacial score (nSPS) is 17.2. The predicted octanol–water partition coefficient (Wildman–Crippen LogP) is 4.20. The van der Waals surface area contributed by atoms with Crippen LogP contribution in [0, 0.1) is 13.8 Å². The van der Waals surface area contributed by atoms with Crippen LogP contribution in [0.3, 0.4) is 0 Å². The molecule has 1 atom stereocenters. The highest BCUT2D eigenvalue weighted by Gasteiger charge is 2.20. The quantitative estimate of drug-likeness (QED) is 0.631. The molecule has 1 aliphatic heterocycles. The van der Waals surface area contributed by atoms with Crippen LogP contribution in [0.1, 0.15) is 37.3 Å². The third kappa shape index (κ3) is 4.75. The van der Waals surface area contributed by atoms with Crippen molar-refractivity contribution in [3.63, 3.8) is 0 Å². The fourth-order valence-electron chi connectivity index (χ4n) is 3.20. The first kappa shape index (κ1) is 18.7. The molecular weight excluding hydrogens is 344 g/mol. The standard InChI is InChI=1S/C20H26N4OS/c1-14-7-8-15(2)17(10-14)23-19(25)12-26-20-11-18(21-13-22-20)24-9-5-4-6-16(24)3/h7-8,10-11,13,16H,4-6,9,12H2,1-3H3,(H,23,25). The van der Waals surface area contributed by atoms with E-state index in [0.717, 1.165) is 34.2 Å². The number of piperidine rings is 1. The molecule has 0 aliphatic carbocycles. The van der Waals surface area contributed by atoms with E-state index >= 15 is 0 Å². The Bertz CT molecular complexity index is 780. The summed E-state index contributed by atoms with van der Waals surface area (Å²) in [7, 11) is 0. The first-order chi connectivity index (χ1) is 12.5. The Morgan fingerprint density at radius 1 is 1.27 bits per heavy atom. The molecule has 1 aliphatic rings. The number of carbonyl (C=O) groups is 1. The summed E-state index contributed by atoms with van der Waals surface area (Å²) in [4.78, 5) is 23.4. The Morgan fingerprint density at radius 3 is 2.92 bits per heavy atom. The van der Waals surface area contributed by atoms with Crippen molar-refractivity contribution in [1.29, 1.82) is 0 Å². The highest BCUT2D eigenvalue weighted by Crippen LogP contribution is 2.26. The van der Waals surface area contributed by atoms with Crippen molar-refractivity contribution < 1.29 is 4.79 Å². The molecule has 0 radical (unpaired) electrons. The lowest BCUT2D eigenvalue weighted by atomic mass is 10.0. The summed E-state index contributed by atoms with van der Waals surface area (Å²) in [5.74, 6) is 1.28. The van der Waals surface area contributed by atoms with Crippen molar-refractivity contribution in [2.75, 3.05) is 22.5 Å². The number of hydrogen-bond acceptors (Lipinski definition) is 5. The lowest BCUT2D eigenvalue weighted by Crippen LogP contribution is -2.38. The topological polar surface area (TPSA) is 58.1 Å². The van der Waals surface area contributed by atoms with E-state index in [1.165, 1.54) is 31.0 Å². The van der Waals surface area contributed by atoms with Crippen molar-refractivity contribution in [3.05, 3.63) is 41.7 Å². The van der Waals surface area contributed by atoms with Gasteiger partial charge in [-0.1, -0.05) is 23.9 Å². The predicted molar refractivity (Wildman–Crippen MR) is 108 cm³/mol. The molecule has 1 aromatic heterocycles. The Morgan fingerprint density at radius 2 is 2.12 bits per heavy atom. The zero-order valence-corrected chi connectivity index (χ0v) is 16.5. The minimum absolute atomic E-state index is 0.0183. The molecule has 1 amide bonds. The average molecular weight is 371 g/mol. The number of amides is 1. The van der Waals surface area contributed by atoms with Gasteiger partial charge in [-0.05, 0) is 57.2 Å². The van der Waals surface area contributed by atoms with E-state index < -0.39 is 0 Å². The van der Waals surface area contributed by atoms with Crippen LogP contribution in [0.4, 0.5) is 11.5 Å². The molecule has 1 aromatic carbocycles. The van der Waals surface area contributed by atoms with Crippen LogP contribution in [0.2, 0.25) is 0 Å². The second-order valence-electron chi connectivity index (χ2n) is 6.91. The molecule has 0 bridgehead atoms. The van der Waals surface area contributed by atoms with Crippen LogP contribution in [0.25, 0.3) is 0 Å². The van der Waals surface area contributed by atoms with Crippen LogP contribution >= 0.6 is 11.8 Å². The summed E-state index contributed by atoms with van der Waals surface area (Å²) in [6, 6.07) is 8.57. The fraction of sp³-hybridized carbons (Fsp3) is 0.450. The van der Waals surface area contributed by atoms with E-state index in [-0.39, 0.29) is 5.91 Å². The van der Waals surface area contributed by atoms with Gasteiger partial charge in [0.05, 0.1) is 5.75 Å². The Balaban J connectivity index is 1.60. The highest BCUT2D eigenvalue weighted by molar-refractivity contribution is 7.99. The lowest BCUT2D eigenvalue weighted by molar-refractivity contribution is -0.113. The van der Waals surface area contributed by atoms with Crippen molar-refractivity contribution in [2.45, 2.75) is 51.1 Å². The SMILES string of the molecule is Cc1ccc(C)c(NC(=O)CSc2cc(N3CCCCC3C)ncn2)c1. The van der Waals surface area contributed by atoms with E-state index in [0.29, 0.717) is 11.8 Å². The summed E-state index contributed by atoms with van der Waals surface area (Å²) < 4.78 is 0. The maximum atomic E-state index is 12.3. The maximum Gasteiger partial charge on any atom is 0.234 e. The molecular formula is C20H26N4OS. The van der Waals surface area contributed by atoms with Crippen LogP contribution in [0.5, 0.6) is 0 Å². The molecule has 138 valence electrons. The monoisotopic (exact) mass is 370 g/mol. The Hall–Kier alpha value is -2.08. The fourth-order valence-corrected chi connectivity index (χ4v) is 3.86. The van der Waals surface area contributed by atoms with Gasteiger partial charge in [-0.15, -0.1) is 0 Å². The maximum absolute atomic E-state index is 12.3. The molecule has 26 heavy (non-hydrogen) atoms. The zero-order valence-electron chi connectivity index (χ0n) is 15.7. The van der Waals surface area contributed by atoms with Gasteiger partial charge in [0.25, 0.3) is 0 Å². The smallest absolute Gasteiger partial charge is 0.234 e. The van der Waals surface area contributed by atoms with E-state index in [9.17, 15) is 4.79 Å². The lowest BCUT2D eigenvalue weighted by Gasteiger charge is -2.34. The molecule has 3 rings (SSSR count). The molecule has 5 nitrogen and oxygen atoms in total. The molecule has 2 heterocycles. The first-order valence-electron chi connectivity index (χ1n) is 9.11. The Kier molecular flexibility index (Phi) is 6.14. The number of aromatic nitrogens is 2. The van der Waals surface area contributed by atoms with Crippen molar-refractivity contribution in [2.24, 2.45) is 0 Å². The summed E-state index contributed by atoms with van der Waals surface area (Å²) in [5.41, 5.74) is 3.08. The van der Waals surface area contributed by atoms with Gasteiger partial charge in [-0.2, -0.15) is 0 Å². The minimum Gasteiger partial charge on any atom is -0.354 e.